The lowest BCUT2D eigenvalue weighted by Crippen LogP contribution is -2.13. The van der Waals surface area contributed by atoms with Crippen molar-refractivity contribution in [2.75, 3.05) is 0 Å². The maximum Gasteiger partial charge on any atom is 0.278 e. The summed E-state index contributed by atoms with van der Waals surface area (Å²) < 4.78 is 24.5. The van der Waals surface area contributed by atoms with Crippen molar-refractivity contribution >= 4 is 11.6 Å². The van der Waals surface area contributed by atoms with Gasteiger partial charge in [-0.25, -0.2) is 8.78 Å². The highest BCUT2D eigenvalue weighted by Gasteiger charge is 2.16. The molecule has 1 aromatic heterocycles. The lowest BCUT2D eigenvalue weighted by atomic mass is 10.2. The van der Waals surface area contributed by atoms with E-state index in [0.717, 1.165) is 6.07 Å². The van der Waals surface area contributed by atoms with Crippen LogP contribution in [0.3, 0.4) is 0 Å². The fraction of sp³-hybridized carbons (Fsp3) is 0.286. The van der Waals surface area contributed by atoms with E-state index < -0.39 is 24.2 Å². The van der Waals surface area contributed by atoms with Gasteiger partial charge in [-0.05, 0) is 0 Å². The molecule has 0 spiro atoms. The second kappa shape index (κ2) is 3.85. The van der Waals surface area contributed by atoms with E-state index in [0.29, 0.717) is 0 Å². The average molecular weight is 210 g/mol. The summed E-state index contributed by atoms with van der Waals surface area (Å²) in [6, 6.07) is 0.943. The second-order valence-corrected chi connectivity index (χ2v) is 2.74. The zero-order chi connectivity index (χ0) is 10.0. The number of aromatic amines is 1. The number of rotatable bonds is 2. The van der Waals surface area contributed by atoms with Gasteiger partial charge in [0, 0.05) is 6.07 Å². The third kappa shape index (κ3) is 2.05. The Morgan fingerprint density at radius 2 is 2.23 bits per heavy atom. The van der Waals surface area contributed by atoms with Crippen LogP contribution in [-0.4, -0.2) is 10.1 Å². The molecular weight excluding hydrogens is 204 g/mol. The highest BCUT2D eigenvalue weighted by molar-refractivity contribution is 6.29. The molecule has 6 heteroatoms. The lowest BCUT2D eigenvalue weighted by Gasteiger charge is -2.05. The SMILES string of the molecule is O=c1cc(Cl)[nH]c(C(F)F)c1CO. The van der Waals surface area contributed by atoms with E-state index in [9.17, 15) is 13.6 Å². The molecule has 0 saturated carbocycles. The minimum Gasteiger partial charge on any atom is -0.391 e. The van der Waals surface area contributed by atoms with Gasteiger partial charge in [0.05, 0.1) is 17.9 Å². The zero-order valence-corrected chi connectivity index (χ0v) is 7.11. The maximum atomic E-state index is 12.2. The minimum atomic E-state index is -2.85. The number of halogens is 3. The molecule has 0 amide bonds. The molecule has 0 aromatic carbocycles. The molecule has 0 radical (unpaired) electrons. The molecule has 3 nitrogen and oxygen atoms in total. The van der Waals surface area contributed by atoms with Crippen molar-refractivity contribution in [1.29, 1.82) is 0 Å². The molecule has 0 aliphatic heterocycles. The number of aliphatic hydroxyl groups is 1. The van der Waals surface area contributed by atoms with Crippen LogP contribution in [0.25, 0.3) is 0 Å². The first-order chi connectivity index (χ1) is 6.06. The Bertz CT molecular complexity index is 364. The van der Waals surface area contributed by atoms with Crippen molar-refractivity contribution in [2.45, 2.75) is 13.0 Å². The molecule has 0 fully saturated rings. The number of pyridine rings is 1. The standard InChI is InChI=1S/C7H6ClF2NO2/c8-5-1-4(13)3(2-12)6(11-5)7(9)10/h1,7,12H,2H2,(H,11,13). The molecule has 0 saturated heterocycles. The van der Waals surface area contributed by atoms with Crippen LogP contribution in [0.4, 0.5) is 8.78 Å². The van der Waals surface area contributed by atoms with Gasteiger partial charge in [0.25, 0.3) is 6.43 Å². The van der Waals surface area contributed by atoms with Crippen LogP contribution in [-0.2, 0) is 6.61 Å². The van der Waals surface area contributed by atoms with Gasteiger partial charge in [-0.1, -0.05) is 11.6 Å². The van der Waals surface area contributed by atoms with Gasteiger partial charge >= 0.3 is 0 Å². The maximum absolute atomic E-state index is 12.2. The Hall–Kier alpha value is -0.940. The van der Waals surface area contributed by atoms with E-state index in [1.54, 1.807) is 0 Å². The summed E-state index contributed by atoms with van der Waals surface area (Å²) in [7, 11) is 0. The van der Waals surface area contributed by atoms with Crippen LogP contribution >= 0.6 is 11.6 Å². The Labute approximate surface area is 77.0 Å². The van der Waals surface area contributed by atoms with E-state index >= 15 is 0 Å². The third-order valence-corrected chi connectivity index (χ3v) is 1.71. The van der Waals surface area contributed by atoms with Crippen LogP contribution in [0.15, 0.2) is 10.9 Å². The number of aromatic nitrogens is 1. The number of nitrogens with one attached hydrogen (secondary N) is 1. The van der Waals surface area contributed by atoms with Gasteiger partial charge in [-0.15, -0.1) is 0 Å². The first-order valence-corrected chi connectivity index (χ1v) is 3.74. The monoisotopic (exact) mass is 209 g/mol. The van der Waals surface area contributed by atoms with Gasteiger partial charge in [-0.3, -0.25) is 4.79 Å². The fourth-order valence-electron chi connectivity index (χ4n) is 0.924. The number of hydrogen-bond acceptors (Lipinski definition) is 2. The minimum absolute atomic E-state index is 0.169. The molecule has 0 aliphatic rings. The summed E-state index contributed by atoms with van der Waals surface area (Å²) >= 11 is 5.35. The molecule has 1 rings (SSSR count). The Balaban J connectivity index is 3.38. The van der Waals surface area contributed by atoms with Crippen molar-refractivity contribution in [2.24, 2.45) is 0 Å². The summed E-state index contributed by atoms with van der Waals surface area (Å²) in [5, 5.41) is 8.47. The normalized spacial score (nSPS) is 10.8. The second-order valence-electron chi connectivity index (χ2n) is 2.33. The van der Waals surface area contributed by atoms with Crippen LogP contribution in [0.5, 0.6) is 0 Å². The van der Waals surface area contributed by atoms with Gasteiger partial charge in [0.15, 0.2) is 5.43 Å². The Morgan fingerprint density at radius 1 is 1.62 bits per heavy atom. The number of aliphatic hydroxyl groups excluding tert-OH is 1. The summed E-state index contributed by atoms with van der Waals surface area (Å²) in [5.74, 6) is 0. The fourth-order valence-corrected chi connectivity index (χ4v) is 1.13. The molecule has 1 aromatic rings. The number of hydrogen-bond donors (Lipinski definition) is 2. The first kappa shape index (κ1) is 10.1. The lowest BCUT2D eigenvalue weighted by molar-refractivity contribution is 0.141. The van der Waals surface area contributed by atoms with E-state index in [2.05, 4.69) is 4.98 Å². The molecule has 72 valence electrons. The third-order valence-electron chi connectivity index (χ3n) is 1.51. The molecule has 2 N–H and O–H groups in total. The van der Waals surface area contributed by atoms with Crippen molar-refractivity contribution in [3.05, 3.63) is 32.7 Å². The van der Waals surface area contributed by atoms with Crippen LogP contribution < -0.4 is 5.43 Å². The van der Waals surface area contributed by atoms with Crippen LogP contribution in [0.2, 0.25) is 5.15 Å². The smallest absolute Gasteiger partial charge is 0.278 e. The average Bonchev–Trinajstić information content (AvgIpc) is 2.02. The van der Waals surface area contributed by atoms with Crippen molar-refractivity contribution in [3.8, 4) is 0 Å². The molecule has 0 aliphatic carbocycles. The van der Waals surface area contributed by atoms with Crippen molar-refractivity contribution in [3.63, 3.8) is 0 Å². The summed E-state index contributed by atoms with van der Waals surface area (Å²) in [4.78, 5) is 13.1. The van der Waals surface area contributed by atoms with Gasteiger partial charge in [-0.2, -0.15) is 0 Å². The van der Waals surface area contributed by atoms with Gasteiger partial charge in [0.1, 0.15) is 5.15 Å². The summed E-state index contributed by atoms with van der Waals surface area (Å²) in [6.07, 6.45) is -2.85. The summed E-state index contributed by atoms with van der Waals surface area (Å²) in [5.41, 5.74) is -1.67. The Kier molecular flexibility index (Phi) is 3.00. The highest BCUT2D eigenvalue weighted by atomic mass is 35.5. The summed E-state index contributed by atoms with van der Waals surface area (Å²) in [6.45, 7) is -0.730. The van der Waals surface area contributed by atoms with Gasteiger partial charge in [0.2, 0.25) is 0 Å². The predicted molar refractivity (Wildman–Crippen MR) is 43.0 cm³/mol. The van der Waals surface area contributed by atoms with Crippen molar-refractivity contribution in [1.82, 2.24) is 4.98 Å². The van der Waals surface area contributed by atoms with Crippen molar-refractivity contribution < 1.29 is 13.9 Å². The highest BCUT2D eigenvalue weighted by Crippen LogP contribution is 2.20. The van der Waals surface area contributed by atoms with E-state index in [4.69, 9.17) is 16.7 Å². The van der Waals surface area contributed by atoms with E-state index in [-0.39, 0.29) is 10.7 Å². The molecule has 0 unspecified atom stereocenters. The van der Waals surface area contributed by atoms with E-state index in [1.807, 2.05) is 0 Å². The zero-order valence-electron chi connectivity index (χ0n) is 6.35. The molecular formula is C7H6ClF2NO2. The van der Waals surface area contributed by atoms with Gasteiger partial charge < -0.3 is 10.1 Å². The molecule has 13 heavy (non-hydrogen) atoms. The Morgan fingerprint density at radius 3 is 2.69 bits per heavy atom. The quantitative estimate of drug-likeness (QED) is 0.725. The van der Waals surface area contributed by atoms with E-state index in [1.165, 1.54) is 0 Å². The van der Waals surface area contributed by atoms with Crippen LogP contribution in [0.1, 0.15) is 17.7 Å². The number of alkyl halides is 2. The number of H-pyrrole nitrogens is 1. The van der Waals surface area contributed by atoms with Crippen LogP contribution in [0, 0.1) is 0 Å². The molecule has 0 atom stereocenters. The topological polar surface area (TPSA) is 53.1 Å². The molecule has 1 heterocycles. The first-order valence-electron chi connectivity index (χ1n) is 3.37. The largest absolute Gasteiger partial charge is 0.391 e. The molecule has 0 bridgehead atoms. The predicted octanol–water partition coefficient (Wildman–Crippen LogP) is 1.46.